The second-order valence-corrected chi connectivity index (χ2v) is 19.7. The van der Waals surface area contributed by atoms with Crippen molar-refractivity contribution in [2.24, 2.45) is 11.8 Å². The molecule has 5 aliphatic rings. The Morgan fingerprint density at radius 1 is 0.806 bits per heavy atom. The van der Waals surface area contributed by atoms with Crippen molar-refractivity contribution in [3.05, 3.63) is 126 Å². The highest BCUT2D eigenvalue weighted by atomic mass is 32.2. The lowest BCUT2D eigenvalue weighted by atomic mass is 9.84. The van der Waals surface area contributed by atoms with Crippen molar-refractivity contribution in [1.82, 2.24) is 9.62 Å². The number of piperazine rings is 1. The van der Waals surface area contributed by atoms with Crippen molar-refractivity contribution >= 4 is 42.8 Å². The average Bonchev–Trinajstić information content (AvgIpc) is 3.60. The van der Waals surface area contributed by atoms with Gasteiger partial charge in [0.05, 0.1) is 22.4 Å². The molecule has 12 nitrogen and oxygen atoms in total. The molecule has 2 N–H and O–H groups in total. The van der Waals surface area contributed by atoms with Crippen molar-refractivity contribution < 1.29 is 44.3 Å². The number of carbonyl (C=O) groups excluding carboxylic acids is 1. The second-order valence-electron chi connectivity index (χ2n) is 16.1. The van der Waals surface area contributed by atoms with Crippen LogP contribution in [0.2, 0.25) is 0 Å². The Labute approximate surface area is 360 Å². The molecular weight excluding hydrogens is 844 g/mol. The number of hydrogen-bond acceptors (Lipinski definition) is 11. The maximum Gasteiger partial charge on any atom is 0.501 e. The fourth-order valence-electron chi connectivity index (χ4n) is 8.59. The van der Waals surface area contributed by atoms with E-state index in [1.54, 1.807) is 54.6 Å². The third-order valence-electron chi connectivity index (χ3n) is 12.0. The third-order valence-corrected chi connectivity index (χ3v) is 14.8. The van der Waals surface area contributed by atoms with Crippen molar-refractivity contribution in [2.45, 2.75) is 47.5 Å². The quantitative estimate of drug-likeness (QED) is 0.137. The molecule has 4 aliphatic heterocycles. The second kappa shape index (κ2) is 18.1. The van der Waals surface area contributed by atoms with Crippen LogP contribution >= 0.6 is 0 Å². The molecular formula is C45H48F3N5O7S2. The summed E-state index contributed by atoms with van der Waals surface area (Å²) in [5, 5.41) is 2.64. The van der Waals surface area contributed by atoms with Gasteiger partial charge in [-0.25, -0.2) is 21.6 Å². The molecule has 1 aliphatic carbocycles. The van der Waals surface area contributed by atoms with Gasteiger partial charge in [0.25, 0.3) is 25.8 Å². The molecule has 4 aromatic rings. The first-order chi connectivity index (χ1) is 29.7. The van der Waals surface area contributed by atoms with Crippen molar-refractivity contribution in [1.29, 1.82) is 0 Å². The van der Waals surface area contributed by atoms with Crippen molar-refractivity contribution in [3.63, 3.8) is 0 Å². The molecule has 4 heterocycles. The highest BCUT2D eigenvalue weighted by molar-refractivity contribution is 7.92. The highest BCUT2D eigenvalue weighted by Crippen LogP contribution is 2.39. The van der Waals surface area contributed by atoms with E-state index in [9.17, 15) is 34.8 Å². The van der Waals surface area contributed by atoms with Gasteiger partial charge in [-0.2, -0.15) is 13.2 Å². The van der Waals surface area contributed by atoms with Gasteiger partial charge in [-0.15, -0.1) is 0 Å². The first-order valence-electron chi connectivity index (χ1n) is 20.6. The number of anilines is 3. The molecule has 0 aromatic heterocycles. The maximum absolute atomic E-state index is 13.9. The van der Waals surface area contributed by atoms with E-state index in [2.05, 4.69) is 44.3 Å². The van der Waals surface area contributed by atoms with Crippen LogP contribution in [0, 0.1) is 11.8 Å². The SMILES string of the molecule is O=C(NS(=O)(=O)c1ccc(NCC2=CCOC=C2)c(S(=O)(=O)C(F)(F)F)c1)c1ccc(N2CCN(Cc3ccccc3N3CC4CCC(CC4)C3)CC2)cc1Oc1ccccc1. The molecule has 1 amide bonds. The van der Waals surface area contributed by atoms with E-state index < -0.39 is 46.8 Å². The largest absolute Gasteiger partial charge is 0.501 e. The summed E-state index contributed by atoms with van der Waals surface area (Å²) >= 11 is 0. The van der Waals surface area contributed by atoms with Crippen LogP contribution < -0.4 is 24.6 Å². The van der Waals surface area contributed by atoms with E-state index in [0.29, 0.717) is 30.5 Å². The molecule has 4 aromatic carbocycles. The van der Waals surface area contributed by atoms with Gasteiger partial charge in [0.1, 0.15) is 23.0 Å². The lowest BCUT2D eigenvalue weighted by Crippen LogP contribution is -2.46. The lowest BCUT2D eigenvalue weighted by molar-refractivity contribution is -0.0435. The number of amides is 1. The number of hydrogen-bond donors (Lipinski definition) is 2. The van der Waals surface area contributed by atoms with E-state index in [0.717, 1.165) is 62.4 Å². The van der Waals surface area contributed by atoms with Gasteiger partial charge in [0, 0.05) is 69.8 Å². The molecule has 17 heteroatoms. The number of carbonyl (C=O) groups is 1. The number of nitrogens with zero attached hydrogens (tertiary/aromatic N) is 3. The Bertz CT molecular complexity index is 2540. The smallest absolute Gasteiger partial charge is 0.497 e. The van der Waals surface area contributed by atoms with Crippen LogP contribution in [0.4, 0.5) is 30.2 Å². The van der Waals surface area contributed by atoms with Gasteiger partial charge in [0.2, 0.25) is 0 Å². The fraction of sp³-hybridized carbons (Fsp3) is 0.356. The molecule has 62 heavy (non-hydrogen) atoms. The number of sulfonamides is 1. The predicted octanol–water partition coefficient (Wildman–Crippen LogP) is 7.72. The Kier molecular flexibility index (Phi) is 12.6. The molecule has 4 fully saturated rings. The number of ether oxygens (including phenoxy) is 2. The Morgan fingerprint density at radius 2 is 1.50 bits per heavy atom. The number of benzene rings is 4. The lowest BCUT2D eigenvalue weighted by Gasteiger charge is -2.37. The normalized spacial score (nSPS) is 19.6. The number of halogens is 3. The number of sulfone groups is 1. The van der Waals surface area contributed by atoms with Gasteiger partial charge in [-0.05, 0) is 109 Å². The molecule has 328 valence electrons. The van der Waals surface area contributed by atoms with Gasteiger partial charge < -0.3 is 24.6 Å². The minimum Gasteiger partial charge on any atom is -0.497 e. The molecule has 0 spiro atoms. The number of alkyl halides is 3. The fourth-order valence-corrected chi connectivity index (χ4v) is 10.6. The first-order valence-corrected chi connectivity index (χ1v) is 23.6. The van der Waals surface area contributed by atoms with Gasteiger partial charge in [-0.3, -0.25) is 9.69 Å². The number of para-hydroxylation sites is 2. The third kappa shape index (κ3) is 9.74. The van der Waals surface area contributed by atoms with Crippen LogP contribution in [-0.4, -0.2) is 85.6 Å². The summed E-state index contributed by atoms with van der Waals surface area (Å²) in [4.78, 5) is 18.8. The van der Waals surface area contributed by atoms with E-state index >= 15 is 0 Å². The zero-order valence-electron chi connectivity index (χ0n) is 33.9. The molecule has 0 radical (unpaired) electrons. The van der Waals surface area contributed by atoms with Gasteiger partial charge in [0.15, 0.2) is 0 Å². The molecule has 9 rings (SSSR count). The number of rotatable bonds is 13. The highest BCUT2D eigenvalue weighted by Gasteiger charge is 2.48. The van der Waals surface area contributed by atoms with Crippen LogP contribution in [-0.2, 0) is 31.1 Å². The summed E-state index contributed by atoms with van der Waals surface area (Å²) in [6.07, 6.45) is 9.85. The minimum absolute atomic E-state index is 0.0422. The minimum atomic E-state index is -6.04. The van der Waals surface area contributed by atoms with E-state index in [1.807, 2.05) is 4.72 Å². The van der Waals surface area contributed by atoms with E-state index in [4.69, 9.17) is 9.47 Å². The standard InChI is InChI=1S/C45H48F3N5O7S2/c46-45(47,48)61(55,56)43-27-38(15-17-40(43)49-28-32-18-24-59-25-19-32)62(57,58)50-44(54)39-16-14-36(26-42(39)60-37-7-2-1-3-8-37)52-22-20-51(21-23-52)31-35-6-4-5-9-41(35)53-29-33-10-11-34(30-53)13-12-33/h1-9,14-19,24,26-27,33-34,49H,10-13,20-23,25,28-31H2,(H,50,54). The van der Waals surface area contributed by atoms with Crippen LogP contribution in [0.25, 0.3) is 0 Å². The van der Waals surface area contributed by atoms with E-state index in [-0.39, 0.29) is 24.5 Å². The predicted molar refractivity (Wildman–Crippen MR) is 231 cm³/mol. The summed E-state index contributed by atoms with van der Waals surface area (Å²) < 4.78 is 107. The van der Waals surface area contributed by atoms with Crippen molar-refractivity contribution in [3.8, 4) is 11.5 Å². The Morgan fingerprint density at radius 3 is 2.18 bits per heavy atom. The summed E-state index contributed by atoms with van der Waals surface area (Å²) in [5.74, 6) is 0.797. The monoisotopic (exact) mass is 891 g/mol. The summed E-state index contributed by atoms with van der Waals surface area (Å²) in [6.45, 7) is 6.09. The van der Waals surface area contributed by atoms with E-state index in [1.165, 1.54) is 49.3 Å². The van der Waals surface area contributed by atoms with Crippen LogP contribution in [0.1, 0.15) is 41.6 Å². The van der Waals surface area contributed by atoms with Crippen molar-refractivity contribution in [2.75, 3.05) is 67.5 Å². The molecule has 0 atom stereocenters. The summed E-state index contributed by atoms with van der Waals surface area (Å²) in [5.41, 5.74) is -2.41. The van der Waals surface area contributed by atoms with Gasteiger partial charge in [-0.1, -0.05) is 36.4 Å². The van der Waals surface area contributed by atoms with Crippen LogP contribution in [0.3, 0.4) is 0 Å². The van der Waals surface area contributed by atoms with Gasteiger partial charge >= 0.3 is 5.51 Å². The maximum atomic E-state index is 13.9. The summed E-state index contributed by atoms with van der Waals surface area (Å²) in [7, 11) is -11.0. The summed E-state index contributed by atoms with van der Waals surface area (Å²) in [6, 6.07) is 24.3. The van der Waals surface area contributed by atoms with Crippen LogP contribution in [0.15, 0.2) is 125 Å². The molecule has 1 saturated carbocycles. The number of nitrogens with one attached hydrogen (secondary N) is 2. The topological polar surface area (TPSA) is 138 Å². The molecule has 3 saturated heterocycles. The molecule has 2 bridgehead atoms. The van der Waals surface area contributed by atoms with Crippen LogP contribution in [0.5, 0.6) is 11.5 Å². The Balaban J connectivity index is 0.993. The Hall–Kier alpha value is -5.52. The molecule has 0 unspecified atom stereocenters. The first kappa shape index (κ1) is 43.1. The average molecular weight is 892 g/mol. The zero-order chi connectivity index (χ0) is 43.5. The zero-order valence-corrected chi connectivity index (χ0v) is 35.5. The number of fused-ring (bicyclic) bond motifs is 4.